The molecule has 0 saturated heterocycles. The molecule has 0 fully saturated rings. The summed E-state index contributed by atoms with van der Waals surface area (Å²) in [5, 5.41) is 3.19. The fraction of sp³-hybridized carbons (Fsp3) is 0.333. The first-order valence-electron chi connectivity index (χ1n) is 13.1. The lowest BCUT2D eigenvalue weighted by molar-refractivity contribution is -0.140. The monoisotopic (exact) mass is 585 g/mol. The third-order valence-electron chi connectivity index (χ3n) is 6.29. The molecule has 1 N–H and O–H groups in total. The molecule has 40 heavy (non-hydrogen) atoms. The second kappa shape index (κ2) is 14.2. The molecule has 0 radical (unpaired) electrons. The van der Waals surface area contributed by atoms with E-state index in [4.69, 9.17) is 16.3 Å². The predicted octanol–water partition coefficient (Wildman–Crippen LogP) is 5.12. The molecule has 0 spiro atoms. The fourth-order valence-electron chi connectivity index (χ4n) is 4.21. The maximum Gasteiger partial charge on any atom is 0.264 e. The Morgan fingerprint density at radius 3 is 2.17 bits per heavy atom. The standard InChI is InChI=1S/C30H36ClN3O5S/c1-5-26(30(36)32-19-22(2)3)33(20-23-12-8-6-9-13-23)29(35)21-34(27-18-24(31)16-17-28(27)39-4)40(37,38)25-14-10-7-11-15-25/h6-18,22,26H,5,19-21H2,1-4H3,(H,32,36)/t26-/m0/s1. The van der Waals surface area contributed by atoms with Gasteiger partial charge in [-0.3, -0.25) is 13.9 Å². The summed E-state index contributed by atoms with van der Waals surface area (Å²) in [4.78, 5) is 28.8. The number of nitrogens with one attached hydrogen (secondary N) is 1. The SMILES string of the molecule is CC[C@@H](C(=O)NCC(C)C)N(Cc1ccccc1)C(=O)CN(c1cc(Cl)ccc1OC)S(=O)(=O)c1ccccc1. The normalized spacial score (nSPS) is 12.1. The van der Waals surface area contributed by atoms with Gasteiger partial charge in [0.1, 0.15) is 18.3 Å². The average molecular weight is 586 g/mol. The van der Waals surface area contributed by atoms with E-state index in [1.165, 1.54) is 30.2 Å². The third-order valence-corrected chi connectivity index (χ3v) is 8.29. The number of benzene rings is 3. The van der Waals surface area contributed by atoms with Crippen molar-refractivity contribution in [1.82, 2.24) is 10.2 Å². The van der Waals surface area contributed by atoms with E-state index in [-0.39, 0.29) is 39.7 Å². The molecule has 3 rings (SSSR count). The second-order valence-corrected chi connectivity index (χ2v) is 12.0. The van der Waals surface area contributed by atoms with Crippen molar-refractivity contribution in [2.24, 2.45) is 5.92 Å². The number of hydrogen-bond acceptors (Lipinski definition) is 5. The summed E-state index contributed by atoms with van der Waals surface area (Å²) in [7, 11) is -2.82. The van der Waals surface area contributed by atoms with E-state index >= 15 is 0 Å². The van der Waals surface area contributed by atoms with Crippen molar-refractivity contribution in [2.45, 2.75) is 44.7 Å². The van der Waals surface area contributed by atoms with Gasteiger partial charge in [0.05, 0.1) is 17.7 Å². The number of halogens is 1. The number of nitrogens with zero attached hydrogens (tertiary/aromatic N) is 2. The molecule has 0 aliphatic carbocycles. The smallest absolute Gasteiger partial charge is 0.264 e. The first kappa shape index (κ1) is 31.0. The van der Waals surface area contributed by atoms with Gasteiger partial charge in [0.2, 0.25) is 11.8 Å². The minimum atomic E-state index is -4.23. The van der Waals surface area contributed by atoms with Crippen LogP contribution in [0.25, 0.3) is 0 Å². The molecule has 1 atom stereocenters. The van der Waals surface area contributed by atoms with Crippen molar-refractivity contribution in [3.05, 3.63) is 89.4 Å². The maximum atomic E-state index is 14.1. The highest BCUT2D eigenvalue weighted by molar-refractivity contribution is 7.92. The molecule has 0 heterocycles. The maximum absolute atomic E-state index is 14.1. The van der Waals surface area contributed by atoms with Gasteiger partial charge in [-0.05, 0) is 48.2 Å². The molecule has 0 aromatic heterocycles. The Morgan fingerprint density at radius 1 is 0.975 bits per heavy atom. The van der Waals surface area contributed by atoms with Crippen molar-refractivity contribution in [3.63, 3.8) is 0 Å². The van der Waals surface area contributed by atoms with Crippen LogP contribution in [-0.2, 0) is 26.2 Å². The summed E-state index contributed by atoms with van der Waals surface area (Å²) >= 11 is 6.27. The Bertz CT molecular complexity index is 1380. The van der Waals surface area contributed by atoms with Crippen molar-refractivity contribution >= 4 is 39.1 Å². The van der Waals surface area contributed by atoms with Crippen molar-refractivity contribution in [1.29, 1.82) is 0 Å². The Kier molecular flexibility index (Phi) is 11.0. The number of sulfonamides is 1. The summed E-state index contributed by atoms with van der Waals surface area (Å²) in [6.07, 6.45) is 0.342. The quantitative estimate of drug-likeness (QED) is 0.300. The van der Waals surface area contributed by atoms with Crippen LogP contribution in [0, 0.1) is 5.92 Å². The number of rotatable bonds is 13. The molecular weight excluding hydrogens is 550 g/mol. The second-order valence-electron chi connectivity index (χ2n) is 9.71. The summed E-state index contributed by atoms with van der Waals surface area (Å²) in [6, 6.07) is 20.9. The molecule has 214 valence electrons. The Morgan fingerprint density at radius 2 is 1.60 bits per heavy atom. The first-order valence-corrected chi connectivity index (χ1v) is 14.9. The zero-order valence-corrected chi connectivity index (χ0v) is 24.8. The Hall–Kier alpha value is -3.56. The number of methoxy groups -OCH3 is 1. The molecule has 10 heteroatoms. The lowest BCUT2D eigenvalue weighted by Crippen LogP contribution is -2.52. The van der Waals surface area contributed by atoms with Crippen LogP contribution in [0.1, 0.15) is 32.8 Å². The van der Waals surface area contributed by atoms with E-state index in [1.54, 1.807) is 30.3 Å². The lowest BCUT2D eigenvalue weighted by Gasteiger charge is -2.33. The zero-order valence-electron chi connectivity index (χ0n) is 23.2. The lowest BCUT2D eigenvalue weighted by atomic mass is 10.1. The number of carbonyl (C=O) groups excluding carboxylic acids is 2. The van der Waals surface area contributed by atoms with Gasteiger partial charge in [-0.25, -0.2) is 8.42 Å². The summed E-state index contributed by atoms with van der Waals surface area (Å²) in [5.74, 6) is -0.384. The molecule has 0 saturated carbocycles. The largest absolute Gasteiger partial charge is 0.495 e. The highest BCUT2D eigenvalue weighted by atomic mass is 35.5. The molecule has 0 bridgehead atoms. The van der Waals surface area contributed by atoms with E-state index in [1.807, 2.05) is 51.1 Å². The van der Waals surface area contributed by atoms with Crippen molar-refractivity contribution in [2.75, 3.05) is 24.5 Å². The Balaban J connectivity index is 2.09. The first-order chi connectivity index (χ1) is 19.1. The molecule has 0 aliphatic heterocycles. The highest BCUT2D eigenvalue weighted by Crippen LogP contribution is 2.35. The predicted molar refractivity (Wildman–Crippen MR) is 158 cm³/mol. The summed E-state index contributed by atoms with van der Waals surface area (Å²) in [6.45, 7) is 5.80. The van der Waals surface area contributed by atoms with E-state index in [2.05, 4.69) is 5.32 Å². The highest BCUT2D eigenvalue weighted by Gasteiger charge is 2.34. The minimum absolute atomic E-state index is 0.00107. The topological polar surface area (TPSA) is 96.0 Å². The molecule has 8 nitrogen and oxygen atoms in total. The average Bonchev–Trinajstić information content (AvgIpc) is 2.95. The van der Waals surface area contributed by atoms with Gasteiger partial charge in [-0.15, -0.1) is 0 Å². The number of carbonyl (C=O) groups is 2. The third kappa shape index (κ3) is 7.76. The van der Waals surface area contributed by atoms with Crippen LogP contribution in [0.4, 0.5) is 5.69 Å². The van der Waals surface area contributed by atoms with Gasteiger partial charge in [-0.1, -0.05) is 80.9 Å². The minimum Gasteiger partial charge on any atom is -0.495 e. The zero-order chi connectivity index (χ0) is 29.3. The van der Waals surface area contributed by atoms with Crippen LogP contribution in [0.3, 0.4) is 0 Å². The van der Waals surface area contributed by atoms with E-state index in [0.717, 1.165) is 9.87 Å². The van der Waals surface area contributed by atoms with Gasteiger partial charge in [0, 0.05) is 18.1 Å². The van der Waals surface area contributed by atoms with Gasteiger partial charge >= 0.3 is 0 Å². The van der Waals surface area contributed by atoms with Gasteiger partial charge in [0.25, 0.3) is 10.0 Å². The van der Waals surface area contributed by atoms with Crippen LogP contribution >= 0.6 is 11.6 Å². The number of anilines is 1. The van der Waals surface area contributed by atoms with Crippen molar-refractivity contribution < 1.29 is 22.7 Å². The van der Waals surface area contributed by atoms with E-state index < -0.39 is 28.5 Å². The number of amides is 2. The molecule has 3 aromatic carbocycles. The summed E-state index contributed by atoms with van der Waals surface area (Å²) in [5.41, 5.74) is 0.924. The van der Waals surface area contributed by atoms with E-state index in [9.17, 15) is 18.0 Å². The van der Waals surface area contributed by atoms with Crippen LogP contribution < -0.4 is 14.4 Å². The number of hydrogen-bond donors (Lipinski definition) is 1. The van der Waals surface area contributed by atoms with Crippen LogP contribution in [0.2, 0.25) is 5.02 Å². The van der Waals surface area contributed by atoms with E-state index in [0.29, 0.717) is 13.0 Å². The van der Waals surface area contributed by atoms with Crippen LogP contribution in [-0.4, -0.2) is 51.4 Å². The number of ether oxygens (including phenoxy) is 1. The van der Waals surface area contributed by atoms with Crippen LogP contribution in [0.5, 0.6) is 5.75 Å². The molecule has 0 unspecified atom stereocenters. The Labute approximate surface area is 241 Å². The molecule has 0 aliphatic rings. The molecule has 3 aromatic rings. The molecule has 2 amide bonds. The molecular formula is C30H36ClN3O5S. The summed E-state index contributed by atoms with van der Waals surface area (Å²) < 4.78 is 34.4. The van der Waals surface area contributed by atoms with Crippen molar-refractivity contribution in [3.8, 4) is 5.75 Å². The van der Waals surface area contributed by atoms with Crippen LogP contribution in [0.15, 0.2) is 83.8 Å². The van der Waals surface area contributed by atoms with Gasteiger partial charge in [-0.2, -0.15) is 0 Å². The van der Waals surface area contributed by atoms with Gasteiger partial charge < -0.3 is 15.0 Å². The fourth-order valence-corrected chi connectivity index (χ4v) is 5.82. The van der Waals surface area contributed by atoms with Gasteiger partial charge in [0.15, 0.2) is 0 Å².